The minimum atomic E-state index is 0.101. The summed E-state index contributed by atoms with van der Waals surface area (Å²) in [5.74, 6) is 6.92. The number of halogens is 2. The summed E-state index contributed by atoms with van der Waals surface area (Å²) in [6.45, 7) is 4.20. The summed E-state index contributed by atoms with van der Waals surface area (Å²) in [4.78, 5) is 14.6. The standard InChI is InChI=1S/C17H21Cl2N5OS/c1-10-4-3-5-11(2)23(10)15(25)9-26-17-22-21-16(24(17)20)13-7-6-12(18)8-14(13)19/h6-8,10-11H,3-5,9,20H2,1-2H3/t10-,11-/m1/s1. The van der Waals surface area contributed by atoms with Crippen molar-refractivity contribution in [3.63, 3.8) is 0 Å². The minimum absolute atomic E-state index is 0.101. The molecule has 0 aliphatic carbocycles. The van der Waals surface area contributed by atoms with E-state index in [9.17, 15) is 4.79 Å². The van der Waals surface area contributed by atoms with Crippen LogP contribution in [0.15, 0.2) is 23.4 Å². The van der Waals surface area contributed by atoms with Gasteiger partial charge in [-0.05, 0) is 51.3 Å². The number of aromatic nitrogens is 3. The van der Waals surface area contributed by atoms with Crippen molar-refractivity contribution in [2.24, 2.45) is 0 Å². The Labute approximate surface area is 167 Å². The predicted molar refractivity (Wildman–Crippen MR) is 106 cm³/mol. The first-order chi connectivity index (χ1) is 12.4. The van der Waals surface area contributed by atoms with Crippen LogP contribution in [0.3, 0.4) is 0 Å². The zero-order valence-electron chi connectivity index (χ0n) is 14.7. The monoisotopic (exact) mass is 413 g/mol. The van der Waals surface area contributed by atoms with Crippen LogP contribution in [0.1, 0.15) is 33.1 Å². The van der Waals surface area contributed by atoms with E-state index in [2.05, 4.69) is 24.0 Å². The summed E-state index contributed by atoms with van der Waals surface area (Å²) < 4.78 is 1.36. The lowest BCUT2D eigenvalue weighted by Gasteiger charge is -2.39. The Hall–Kier alpha value is -1.44. The number of carbonyl (C=O) groups is 1. The quantitative estimate of drug-likeness (QED) is 0.608. The number of carbonyl (C=O) groups excluding carboxylic acids is 1. The first-order valence-electron chi connectivity index (χ1n) is 8.48. The summed E-state index contributed by atoms with van der Waals surface area (Å²) >= 11 is 13.4. The van der Waals surface area contributed by atoms with Gasteiger partial charge in [0, 0.05) is 22.7 Å². The zero-order chi connectivity index (χ0) is 18.8. The average Bonchev–Trinajstić information content (AvgIpc) is 2.93. The second-order valence-electron chi connectivity index (χ2n) is 6.52. The maximum Gasteiger partial charge on any atom is 0.233 e. The maximum absolute atomic E-state index is 12.6. The number of nitrogen functional groups attached to an aromatic ring is 1. The van der Waals surface area contributed by atoms with E-state index in [4.69, 9.17) is 29.0 Å². The number of thioether (sulfide) groups is 1. The molecule has 26 heavy (non-hydrogen) atoms. The Kier molecular flexibility index (Phi) is 5.99. The average molecular weight is 414 g/mol. The highest BCUT2D eigenvalue weighted by molar-refractivity contribution is 7.99. The number of rotatable bonds is 4. The molecule has 1 aromatic carbocycles. The Bertz CT molecular complexity index is 802. The molecule has 9 heteroatoms. The van der Waals surface area contributed by atoms with Gasteiger partial charge in [0.25, 0.3) is 0 Å². The number of hydrogen-bond donors (Lipinski definition) is 1. The van der Waals surface area contributed by atoms with Crippen LogP contribution in [-0.2, 0) is 4.79 Å². The van der Waals surface area contributed by atoms with Crippen LogP contribution < -0.4 is 5.84 Å². The molecule has 2 atom stereocenters. The lowest BCUT2D eigenvalue weighted by molar-refractivity contribution is -0.134. The van der Waals surface area contributed by atoms with Gasteiger partial charge in [0.2, 0.25) is 11.1 Å². The Morgan fingerprint density at radius 2 is 1.96 bits per heavy atom. The van der Waals surface area contributed by atoms with Crippen molar-refractivity contribution >= 4 is 40.9 Å². The van der Waals surface area contributed by atoms with Gasteiger partial charge in [0.15, 0.2) is 5.82 Å². The molecule has 2 aromatic rings. The largest absolute Gasteiger partial charge is 0.337 e. The SMILES string of the molecule is C[C@@H]1CCC[C@@H](C)N1C(=O)CSc1nnc(-c2ccc(Cl)cc2Cl)n1N. The van der Waals surface area contributed by atoms with E-state index in [0.717, 1.165) is 12.8 Å². The van der Waals surface area contributed by atoms with Crippen molar-refractivity contribution in [3.8, 4) is 11.4 Å². The summed E-state index contributed by atoms with van der Waals surface area (Å²) in [5, 5.41) is 9.66. The van der Waals surface area contributed by atoms with E-state index in [-0.39, 0.29) is 23.7 Å². The lowest BCUT2D eigenvalue weighted by Crippen LogP contribution is -2.48. The number of amides is 1. The molecular weight excluding hydrogens is 393 g/mol. The third-order valence-electron chi connectivity index (χ3n) is 4.64. The molecule has 0 radical (unpaired) electrons. The van der Waals surface area contributed by atoms with Gasteiger partial charge < -0.3 is 10.7 Å². The molecule has 0 bridgehead atoms. The molecule has 1 aliphatic rings. The van der Waals surface area contributed by atoms with E-state index in [1.54, 1.807) is 18.2 Å². The van der Waals surface area contributed by atoms with E-state index in [1.807, 2.05) is 4.90 Å². The van der Waals surface area contributed by atoms with Gasteiger partial charge in [-0.1, -0.05) is 35.0 Å². The highest BCUT2D eigenvalue weighted by atomic mass is 35.5. The molecule has 140 valence electrons. The van der Waals surface area contributed by atoms with Gasteiger partial charge >= 0.3 is 0 Å². The van der Waals surface area contributed by atoms with Crippen molar-refractivity contribution in [3.05, 3.63) is 28.2 Å². The number of nitrogens with two attached hydrogens (primary N) is 1. The third-order valence-corrected chi connectivity index (χ3v) is 6.12. The highest BCUT2D eigenvalue weighted by Gasteiger charge is 2.29. The van der Waals surface area contributed by atoms with Gasteiger partial charge in [-0.3, -0.25) is 4.79 Å². The summed E-state index contributed by atoms with van der Waals surface area (Å²) in [7, 11) is 0. The topological polar surface area (TPSA) is 77.0 Å². The van der Waals surface area contributed by atoms with Crippen molar-refractivity contribution in [2.75, 3.05) is 11.6 Å². The maximum atomic E-state index is 12.6. The highest BCUT2D eigenvalue weighted by Crippen LogP contribution is 2.30. The van der Waals surface area contributed by atoms with E-state index < -0.39 is 0 Å². The van der Waals surface area contributed by atoms with Crippen LogP contribution in [-0.4, -0.2) is 43.5 Å². The van der Waals surface area contributed by atoms with Crippen molar-refractivity contribution in [1.29, 1.82) is 0 Å². The summed E-state index contributed by atoms with van der Waals surface area (Å²) in [5.41, 5.74) is 0.641. The van der Waals surface area contributed by atoms with Gasteiger partial charge in [0.1, 0.15) is 0 Å². The number of benzene rings is 1. The van der Waals surface area contributed by atoms with E-state index in [0.29, 0.717) is 26.6 Å². The Balaban J connectivity index is 1.71. The molecule has 2 heterocycles. The Morgan fingerprint density at radius 1 is 1.27 bits per heavy atom. The van der Waals surface area contributed by atoms with Crippen LogP contribution in [0.2, 0.25) is 10.0 Å². The van der Waals surface area contributed by atoms with Crippen LogP contribution in [0, 0.1) is 0 Å². The van der Waals surface area contributed by atoms with Crippen LogP contribution in [0.25, 0.3) is 11.4 Å². The number of nitrogens with zero attached hydrogens (tertiary/aromatic N) is 4. The van der Waals surface area contributed by atoms with Gasteiger partial charge in [0.05, 0.1) is 10.8 Å². The van der Waals surface area contributed by atoms with Crippen molar-refractivity contribution in [1.82, 2.24) is 19.8 Å². The van der Waals surface area contributed by atoms with Gasteiger partial charge in [-0.25, -0.2) is 4.68 Å². The van der Waals surface area contributed by atoms with E-state index >= 15 is 0 Å². The molecule has 1 saturated heterocycles. The molecule has 1 aromatic heterocycles. The van der Waals surface area contributed by atoms with Crippen molar-refractivity contribution < 1.29 is 4.79 Å². The predicted octanol–water partition coefficient (Wildman–Crippen LogP) is 3.85. The van der Waals surface area contributed by atoms with Crippen LogP contribution >= 0.6 is 35.0 Å². The fourth-order valence-electron chi connectivity index (χ4n) is 3.34. The van der Waals surface area contributed by atoms with Crippen LogP contribution in [0.5, 0.6) is 0 Å². The molecule has 6 nitrogen and oxygen atoms in total. The Morgan fingerprint density at radius 3 is 2.62 bits per heavy atom. The van der Waals surface area contributed by atoms with E-state index in [1.165, 1.54) is 22.9 Å². The molecule has 0 saturated carbocycles. The van der Waals surface area contributed by atoms with Gasteiger partial charge in [-0.15, -0.1) is 10.2 Å². The zero-order valence-corrected chi connectivity index (χ0v) is 17.0. The molecule has 0 unspecified atom stereocenters. The first-order valence-corrected chi connectivity index (χ1v) is 10.2. The summed E-state index contributed by atoms with van der Waals surface area (Å²) in [6.07, 6.45) is 3.27. The fraction of sp³-hybridized carbons (Fsp3) is 0.471. The molecule has 0 spiro atoms. The van der Waals surface area contributed by atoms with Gasteiger partial charge in [-0.2, -0.15) is 0 Å². The molecule has 1 aliphatic heterocycles. The second-order valence-corrected chi connectivity index (χ2v) is 8.31. The number of piperidine rings is 1. The smallest absolute Gasteiger partial charge is 0.233 e. The number of likely N-dealkylation sites (tertiary alicyclic amines) is 1. The molecule has 1 amide bonds. The summed E-state index contributed by atoms with van der Waals surface area (Å²) in [6, 6.07) is 5.63. The normalized spacial score (nSPS) is 20.4. The molecule has 3 rings (SSSR count). The molecular formula is C17H21Cl2N5OS. The third kappa shape index (κ3) is 3.94. The van der Waals surface area contributed by atoms with Crippen LogP contribution in [0.4, 0.5) is 0 Å². The second kappa shape index (κ2) is 8.06. The molecule has 1 fully saturated rings. The molecule has 2 N–H and O–H groups in total. The lowest BCUT2D eigenvalue weighted by atomic mass is 9.98. The fourth-order valence-corrected chi connectivity index (χ4v) is 4.56. The minimum Gasteiger partial charge on any atom is -0.337 e. The number of hydrogen-bond acceptors (Lipinski definition) is 5. The van der Waals surface area contributed by atoms with Crippen molar-refractivity contribution in [2.45, 2.75) is 50.4 Å². The first kappa shape index (κ1) is 19.3.